The summed E-state index contributed by atoms with van der Waals surface area (Å²) >= 11 is 0. The Morgan fingerprint density at radius 2 is 2.00 bits per heavy atom. The Morgan fingerprint density at radius 1 is 1.31 bits per heavy atom. The summed E-state index contributed by atoms with van der Waals surface area (Å²) in [6.07, 6.45) is 2.86. The summed E-state index contributed by atoms with van der Waals surface area (Å²) in [5, 5.41) is 2.64. The minimum Gasteiger partial charge on any atom is -0.445 e. The molecule has 1 amide bonds. The Balaban J connectivity index is 2.39. The van der Waals surface area contributed by atoms with E-state index < -0.39 is 6.09 Å². The Kier molecular flexibility index (Phi) is 4.86. The van der Waals surface area contributed by atoms with Gasteiger partial charge in [0.15, 0.2) is 0 Å². The lowest BCUT2D eigenvalue weighted by atomic mass is 10.1. The Bertz CT molecular complexity index is 368. The van der Waals surface area contributed by atoms with Crippen LogP contribution in [0.3, 0.4) is 0 Å². The molecule has 0 aliphatic rings. The van der Waals surface area contributed by atoms with E-state index in [0.717, 1.165) is 11.1 Å². The molecule has 0 bridgehead atoms. The number of carbonyl (C=O) groups excluding carboxylic acids is 1. The molecule has 1 rings (SSSR count). The number of ether oxygens (including phenoxy) is 1. The minimum atomic E-state index is -0.437. The summed E-state index contributed by atoms with van der Waals surface area (Å²) < 4.78 is 4.77. The number of amides is 1. The van der Waals surface area contributed by atoms with Crippen molar-refractivity contribution in [3.05, 3.63) is 54.6 Å². The molecule has 0 aromatic heterocycles. The second kappa shape index (κ2) is 6.45. The van der Waals surface area contributed by atoms with E-state index in [4.69, 9.17) is 4.74 Å². The lowest BCUT2D eigenvalue weighted by Crippen LogP contribution is -2.23. The van der Waals surface area contributed by atoms with Crippen molar-refractivity contribution in [2.45, 2.75) is 6.54 Å². The molecule has 3 nitrogen and oxygen atoms in total. The van der Waals surface area contributed by atoms with Crippen LogP contribution in [0.5, 0.6) is 0 Å². The van der Waals surface area contributed by atoms with Crippen LogP contribution in [0.2, 0.25) is 0 Å². The van der Waals surface area contributed by atoms with Gasteiger partial charge in [-0.05, 0) is 11.1 Å². The van der Waals surface area contributed by atoms with Gasteiger partial charge >= 0.3 is 6.09 Å². The second-order valence-electron chi connectivity index (χ2n) is 3.19. The van der Waals surface area contributed by atoms with Gasteiger partial charge < -0.3 is 10.1 Å². The van der Waals surface area contributed by atoms with E-state index in [1.54, 1.807) is 6.08 Å². The fraction of sp³-hybridized carbons (Fsp3) is 0.154. The molecule has 84 valence electrons. The standard InChI is InChI=1S/C13H15NO2/c1-3-9-16-13(15)14-10-12-7-5-11(4-2)6-8-12/h3-8H,1-2,9-10H2,(H,14,15). The topological polar surface area (TPSA) is 38.3 Å². The molecule has 0 heterocycles. The van der Waals surface area contributed by atoms with Crippen LogP contribution < -0.4 is 5.32 Å². The predicted molar refractivity (Wildman–Crippen MR) is 64.9 cm³/mol. The van der Waals surface area contributed by atoms with Crippen LogP contribution in [0.25, 0.3) is 6.08 Å². The normalized spacial score (nSPS) is 9.25. The molecule has 0 saturated carbocycles. The molecule has 1 aromatic carbocycles. The van der Waals surface area contributed by atoms with Crippen molar-refractivity contribution in [3.63, 3.8) is 0 Å². The molecule has 3 heteroatoms. The molecule has 1 aromatic rings. The van der Waals surface area contributed by atoms with Crippen LogP contribution in [-0.4, -0.2) is 12.7 Å². The Labute approximate surface area is 95.4 Å². The quantitative estimate of drug-likeness (QED) is 0.770. The maximum Gasteiger partial charge on any atom is 0.407 e. The molecule has 0 radical (unpaired) electrons. The number of carbonyl (C=O) groups is 1. The van der Waals surface area contributed by atoms with Gasteiger partial charge in [-0.25, -0.2) is 4.79 Å². The highest BCUT2D eigenvalue weighted by Crippen LogP contribution is 2.05. The van der Waals surface area contributed by atoms with Crippen LogP contribution in [0.1, 0.15) is 11.1 Å². The third-order valence-corrected chi connectivity index (χ3v) is 1.98. The number of benzene rings is 1. The van der Waals surface area contributed by atoms with Crippen LogP contribution in [0.4, 0.5) is 4.79 Å². The molecule has 0 aliphatic carbocycles. The molecule has 0 atom stereocenters. The molecule has 0 spiro atoms. The van der Waals surface area contributed by atoms with Crippen molar-refractivity contribution in [2.75, 3.05) is 6.61 Å². The number of nitrogens with one attached hydrogen (secondary N) is 1. The van der Waals surface area contributed by atoms with Crippen LogP contribution in [-0.2, 0) is 11.3 Å². The zero-order valence-corrected chi connectivity index (χ0v) is 9.11. The molecule has 0 aliphatic heterocycles. The van der Waals surface area contributed by atoms with E-state index in [-0.39, 0.29) is 6.61 Å². The SMILES string of the molecule is C=CCOC(=O)NCc1ccc(C=C)cc1. The molecule has 1 N–H and O–H groups in total. The fourth-order valence-electron chi connectivity index (χ4n) is 1.13. The maximum atomic E-state index is 11.1. The lowest BCUT2D eigenvalue weighted by Gasteiger charge is -2.05. The molecule has 16 heavy (non-hydrogen) atoms. The largest absolute Gasteiger partial charge is 0.445 e. The Hall–Kier alpha value is -2.03. The summed E-state index contributed by atoms with van der Waals surface area (Å²) in [5.74, 6) is 0. The average Bonchev–Trinajstić information content (AvgIpc) is 2.34. The minimum absolute atomic E-state index is 0.223. The number of rotatable bonds is 5. The molecular formula is C13H15NO2. The summed E-state index contributed by atoms with van der Waals surface area (Å²) in [6, 6.07) is 7.76. The molecule has 0 unspecified atom stereocenters. The number of hydrogen-bond acceptors (Lipinski definition) is 2. The summed E-state index contributed by atoms with van der Waals surface area (Å²) in [4.78, 5) is 11.1. The van der Waals surface area contributed by atoms with E-state index >= 15 is 0 Å². The first kappa shape index (κ1) is 12.0. The first-order valence-corrected chi connectivity index (χ1v) is 4.99. The molecule has 0 saturated heterocycles. The monoisotopic (exact) mass is 217 g/mol. The summed E-state index contributed by atoms with van der Waals surface area (Å²) in [7, 11) is 0. The van der Waals surface area contributed by atoms with Crippen molar-refractivity contribution in [2.24, 2.45) is 0 Å². The summed E-state index contributed by atoms with van der Waals surface area (Å²) in [5.41, 5.74) is 2.07. The van der Waals surface area contributed by atoms with Gasteiger partial charge in [0.05, 0.1) is 0 Å². The van der Waals surface area contributed by atoms with E-state index in [0.29, 0.717) is 6.54 Å². The average molecular weight is 217 g/mol. The zero-order valence-electron chi connectivity index (χ0n) is 9.11. The van der Waals surface area contributed by atoms with E-state index in [9.17, 15) is 4.79 Å². The van der Waals surface area contributed by atoms with Gasteiger partial charge in [-0.2, -0.15) is 0 Å². The third-order valence-electron chi connectivity index (χ3n) is 1.98. The highest BCUT2D eigenvalue weighted by molar-refractivity contribution is 5.67. The van der Waals surface area contributed by atoms with Gasteiger partial charge in [0.2, 0.25) is 0 Å². The van der Waals surface area contributed by atoms with Gasteiger partial charge in [0, 0.05) is 6.54 Å². The van der Waals surface area contributed by atoms with Crippen LogP contribution >= 0.6 is 0 Å². The van der Waals surface area contributed by atoms with Gasteiger partial charge in [0.25, 0.3) is 0 Å². The van der Waals surface area contributed by atoms with Crippen molar-refractivity contribution < 1.29 is 9.53 Å². The van der Waals surface area contributed by atoms with Gasteiger partial charge in [-0.15, -0.1) is 0 Å². The second-order valence-corrected chi connectivity index (χ2v) is 3.19. The van der Waals surface area contributed by atoms with Gasteiger partial charge in [-0.1, -0.05) is 49.6 Å². The third kappa shape index (κ3) is 4.00. The van der Waals surface area contributed by atoms with Gasteiger partial charge in [0.1, 0.15) is 6.61 Å². The number of alkyl carbamates (subject to hydrolysis) is 1. The fourth-order valence-corrected chi connectivity index (χ4v) is 1.13. The van der Waals surface area contributed by atoms with E-state index in [1.165, 1.54) is 6.08 Å². The van der Waals surface area contributed by atoms with Crippen LogP contribution in [0.15, 0.2) is 43.5 Å². The van der Waals surface area contributed by atoms with Gasteiger partial charge in [-0.3, -0.25) is 0 Å². The first-order chi connectivity index (χ1) is 7.76. The maximum absolute atomic E-state index is 11.1. The first-order valence-electron chi connectivity index (χ1n) is 4.99. The lowest BCUT2D eigenvalue weighted by molar-refractivity contribution is 0.158. The highest BCUT2D eigenvalue weighted by atomic mass is 16.5. The predicted octanol–water partition coefficient (Wildman–Crippen LogP) is 2.74. The van der Waals surface area contributed by atoms with E-state index in [1.807, 2.05) is 24.3 Å². The zero-order chi connectivity index (χ0) is 11.8. The summed E-state index contributed by atoms with van der Waals surface area (Å²) in [6.45, 7) is 7.80. The van der Waals surface area contributed by atoms with Crippen molar-refractivity contribution in [3.8, 4) is 0 Å². The smallest absolute Gasteiger partial charge is 0.407 e. The number of hydrogen-bond donors (Lipinski definition) is 1. The van der Waals surface area contributed by atoms with Crippen molar-refractivity contribution in [1.29, 1.82) is 0 Å². The molecule has 0 fully saturated rings. The van der Waals surface area contributed by atoms with E-state index in [2.05, 4.69) is 18.5 Å². The van der Waals surface area contributed by atoms with Crippen molar-refractivity contribution in [1.82, 2.24) is 5.32 Å². The molecular weight excluding hydrogens is 202 g/mol. The van der Waals surface area contributed by atoms with Crippen molar-refractivity contribution >= 4 is 12.2 Å². The highest BCUT2D eigenvalue weighted by Gasteiger charge is 1.99. The van der Waals surface area contributed by atoms with Crippen LogP contribution in [0, 0.1) is 0 Å². The Morgan fingerprint density at radius 3 is 2.56 bits per heavy atom.